The van der Waals surface area contributed by atoms with Crippen molar-refractivity contribution >= 4 is 44.7 Å². The van der Waals surface area contributed by atoms with E-state index in [0.717, 1.165) is 61.3 Å². The van der Waals surface area contributed by atoms with Crippen molar-refractivity contribution in [2.24, 2.45) is 11.7 Å². The van der Waals surface area contributed by atoms with Gasteiger partial charge in [-0.15, -0.1) is 0 Å². The number of sulfonamides is 1. The molecular formula is C24H30ClN7O3S. The van der Waals surface area contributed by atoms with Crippen molar-refractivity contribution in [1.29, 1.82) is 0 Å². The van der Waals surface area contributed by atoms with E-state index in [2.05, 4.69) is 9.62 Å². The van der Waals surface area contributed by atoms with Crippen molar-refractivity contribution in [2.45, 2.75) is 32.2 Å². The van der Waals surface area contributed by atoms with Crippen LogP contribution in [0.4, 0.5) is 11.5 Å². The highest BCUT2D eigenvalue weighted by Crippen LogP contribution is 2.34. The van der Waals surface area contributed by atoms with E-state index in [1.807, 2.05) is 19.2 Å². The van der Waals surface area contributed by atoms with Gasteiger partial charge in [-0.2, -0.15) is 5.10 Å². The van der Waals surface area contributed by atoms with Gasteiger partial charge in [0.05, 0.1) is 29.2 Å². The molecule has 0 aliphatic carbocycles. The van der Waals surface area contributed by atoms with Gasteiger partial charge < -0.3 is 15.5 Å². The SMILES string of the molecule is Cc1cn2nc([C@@H]3CCCCN3C(=O)c3cc(Cl)ccc3NS(C)(=O)=O)cc2nc1N1CC(CN)C1. The number of carbonyl (C=O) groups is 1. The van der Waals surface area contributed by atoms with E-state index in [1.54, 1.807) is 15.5 Å². The van der Waals surface area contributed by atoms with Gasteiger partial charge in [0, 0.05) is 48.4 Å². The first-order chi connectivity index (χ1) is 17.1. The highest BCUT2D eigenvalue weighted by molar-refractivity contribution is 7.92. The summed E-state index contributed by atoms with van der Waals surface area (Å²) in [6, 6.07) is 6.26. The summed E-state index contributed by atoms with van der Waals surface area (Å²) in [5, 5.41) is 5.14. The summed E-state index contributed by atoms with van der Waals surface area (Å²) < 4.78 is 28.0. The Morgan fingerprint density at radius 1 is 1.25 bits per heavy atom. The number of aromatic nitrogens is 3. The van der Waals surface area contributed by atoms with Crippen molar-refractivity contribution in [1.82, 2.24) is 19.5 Å². The van der Waals surface area contributed by atoms with E-state index in [0.29, 0.717) is 24.0 Å². The number of benzene rings is 1. The maximum atomic E-state index is 13.7. The molecule has 0 spiro atoms. The van der Waals surface area contributed by atoms with Crippen molar-refractivity contribution in [3.63, 3.8) is 0 Å². The van der Waals surface area contributed by atoms with Gasteiger partial charge in [-0.3, -0.25) is 9.52 Å². The van der Waals surface area contributed by atoms with Crippen molar-refractivity contribution in [3.8, 4) is 0 Å². The van der Waals surface area contributed by atoms with Crippen molar-refractivity contribution < 1.29 is 13.2 Å². The number of piperidine rings is 1. The second-order valence-corrected chi connectivity index (χ2v) is 11.9. The number of hydrogen-bond donors (Lipinski definition) is 2. The molecule has 36 heavy (non-hydrogen) atoms. The minimum absolute atomic E-state index is 0.207. The minimum Gasteiger partial charge on any atom is -0.355 e. The molecule has 2 fully saturated rings. The predicted octanol–water partition coefficient (Wildman–Crippen LogP) is 2.82. The largest absolute Gasteiger partial charge is 0.355 e. The van der Waals surface area contributed by atoms with Gasteiger partial charge in [-0.1, -0.05) is 11.6 Å². The lowest BCUT2D eigenvalue weighted by Crippen LogP contribution is -2.50. The average molecular weight is 532 g/mol. The van der Waals surface area contributed by atoms with Crippen LogP contribution in [0.5, 0.6) is 0 Å². The molecule has 0 radical (unpaired) electrons. The van der Waals surface area contributed by atoms with E-state index < -0.39 is 10.0 Å². The fourth-order valence-corrected chi connectivity index (χ4v) is 5.76. The van der Waals surface area contributed by atoms with Gasteiger partial charge in [-0.05, 0) is 50.9 Å². The molecule has 2 aromatic heterocycles. The summed E-state index contributed by atoms with van der Waals surface area (Å²) >= 11 is 6.19. The van der Waals surface area contributed by atoms with Crippen LogP contribution in [-0.4, -0.2) is 66.3 Å². The van der Waals surface area contributed by atoms with Crippen LogP contribution in [0.15, 0.2) is 30.5 Å². The molecule has 3 N–H and O–H groups in total. The number of fused-ring (bicyclic) bond motifs is 1. The number of nitrogens with zero attached hydrogens (tertiary/aromatic N) is 5. The van der Waals surface area contributed by atoms with E-state index in [1.165, 1.54) is 12.1 Å². The zero-order valence-corrected chi connectivity index (χ0v) is 21.9. The summed E-state index contributed by atoms with van der Waals surface area (Å²) in [4.78, 5) is 22.6. The summed E-state index contributed by atoms with van der Waals surface area (Å²) in [5.41, 5.74) is 8.71. The minimum atomic E-state index is -3.58. The van der Waals surface area contributed by atoms with E-state index in [-0.39, 0.29) is 23.2 Å². The Bertz CT molecular complexity index is 1420. The predicted molar refractivity (Wildman–Crippen MR) is 140 cm³/mol. The Balaban J connectivity index is 1.47. The molecule has 0 bridgehead atoms. The third-order valence-electron chi connectivity index (χ3n) is 6.83. The molecule has 2 saturated heterocycles. The standard InChI is InChI=1S/C24H30ClN7O3S/c1-15-12-32-22(27-23(15)30-13-16(11-26)14-30)10-20(28-32)21-5-3-4-8-31(21)24(33)18-9-17(25)6-7-19(18)29-36(2,34)35/h6-7,9-10,12,16,21,29H,3-5,8,11,13-14,26H2,1-2H3/t21-/m0/s1. The van der Waals surface area contributed by atoms with E-state index in [4.69, 9.17) is 27.4 Å². The van der Waals surface area contributed by atoms with Crippen molar-refractivity contribution in [2.75, 3.05) is 42.1 Å². The summed E-state index contributed by atoms with van der Waals surface area (Å²) in [5.74, 6) is 1.15. The fourth-order valence-electron chi connectivity index (χ4n) is 5.01. The van der Waals surface area contributed by atoms with E-state index in [9.17, 15) is 13.2 Å². The molecule has 1 atom stereocenters. The second-order valence-electron chi connectivity index (χ2n) is 9.70. The first kappa shape index (κ1) is 24.8. The zero-order valence-electron chi connectivity index (χ0n) is 20.3. The molecule has 0 unspecified atom stereocenters. The molecule has 2 aliphatic heterocycles. The topological polar surface area (TPSA) is 126 Å². The summed E-state index contributed by atoms with van der Waals surface area (Å²) in [7, 11) is -3.58. The van der Waals surface area contributed by atoms with Crippen LogP contribution in [0.1, 0.15) is 46.9 Å². The Kier molecular flexibility index (Phi) is 6.56. The smallest absolute Gasteiger partial charge is 0.256 e. The number of hydrogen-bond acceptors (Lipinski definition) is 7. The Morgan fingerprint density at radius 3 is 2.75 bits per heavy atom. The number of carbonyl (C=O) groups excluding carboxylic acids is 1. The number of rotatable bonds is 6. The average Bonchev–Trinajstić information content (AvgIpc) is 3.21. The number of halogens is 1. The van der Waals surface area contributed by atoms with Crippen LogP contribution in [0, 0.1) is 12.8 Å². The highest BCUT2D eigenvalue weighted by atomic mass is 35.5. The van der Waals surface area contributed by atoms with Crippen LogP contribution in [0.2, 0.25) is 5.02 Å². The number of amides is 1. The molecule has 5 rings (SSSR count). The number of aryl methyl sites for hydroxylation is 1. The maximum Gasteiger partial charge on any atom is 0.256 e. The normalized spacial score (nSPS) is 18.9. The lowest BCUT2D eigenvalue weighted by Gasteiger charge is -2.40. The van der Waals surface area contributed by atoms with Gasteiger partial charge in [0.15, 0.2) is 5.65 Å². The Labute approximate surface area is 215 Å². The lowest BCUT2D eigenvalue weighted by atomic mass is 9.98. The molecule has 10 nitrogen and oxygen atoms in total. The number of nitrogens with one attached hydrogen (secondary N) is 1. The Hall–Kier alpha value is -2.89. The quantitative estimate of drug-likeness (QED) is 0.501. The summed E-state index contributed by atoms with van der Waals surface area (Å²) in [6.07, 6.45) is 5.58. The molecule has 12 heteroatoms. The van der Waals surface area contributed by atoms with Crippen molar-refractivity contribution in [3.05, 3.63) is 52.3 Å². The third kappa shape index (κ3) is 4.87. The monoisotopic (exact) mass is 531 g/mol. The molecule has 192 valence electrons. The van der Waals surface area contributed by atoms with Crippen LogP contribution in [-0.2, 0) is 10.0 Å². The lowest BCUT2D eigenvalue weighted by molar-refractivity contribution is 0.0607. The number of likely N-dealkylation sites (tertiary alicyclic amines) is 1. The first-order valence-electron chi connectivity index (χ1n) is 12.0. The molecular weight excluding hydrogens is 502 g/mol. The fraction of sp³-hybridized carbons (Fsp3) is 0.458. The molecule has 1 amide bonds. The highest BCUT2D eigenvalue weighted by Gasteiger charge is 2.33. The molecule has 2 aliphatic rings. The molecule has 1 aromatic carbocycles. The van der Waals surface area contributed by atoms with Gasteiger partial charge in [0.1, 0.15) is 5.82 Å². The maximum absolute atomic E-state index is 13.7. The molecule has 0 saturated carbocycles. The van der Waals surface area contributed by atoms with Crippen LogP contribution >= 0.6 is 11.6 Å². The van der Waals surface area contributed by atoms with Gasteiger partial charge >= 0.3 is 0 Å². The van der Waals surface area contributed by atoms with Crippen LogP contribution in [0.25, 0.3) is 5.65 Å². The van der Waals surface area contributed by atoms with Crippen LogP contribution < -0.4 is 15.4 Å². The first-order valence-corrected chi connectivity index (χ1v) is 14.3. The number of nitrogens with two attached hydrogens (primary N) is 1. The van der Waals surface area contributed by atoms with Gasteiger partial charge in [0.25, 0.3) is 5.91 Å². The van der Waals surface area contributed by atoms with E-state index >= 15 is 0 Å². The van der Waals surface area contributed by atoms with Gasteiger partial charge in [-0.25, -0.2) is 17.9 Å². The Morgan fingerprint density at radius 2 is 2.03 bits per heavy atom. The molecule has 3 aromatic rings. The number of anilines is 2. The second kappa shape index (κ2) is 9.53. The van der Waals surface area contributed by atoms with Gasteiger partial charge in [0.2, 0.25) is 10.0 Å². The summed E-state index contributed by atoms with van der Waals surface area (Å²) in [6.45, 7) is 5.03. The molecule has 4 heterocycles. The third-order valence-corrected chi connectivity index (χ3v) is 7.65. The van der Waals surface area contributed by atoms with Crippen LogP contribution in [0.3, 0.4) is 0 Å². The zero-order chi connectivity index (χ0) is 25.6.